The van der Waals surface area contributed by atoms with Crippen LogP contribution >= 0.6 is 72.0 Å². The summed E-state index contributed by atoms with van der Waals surface area (Å²) in [5, 5.41) is 191. The van der Waals surface area contributed by atoms with Gasteiger partial charge in [-0.05, 0) is 131 Å². The maximum Gasteiger partial charge on any atom is 0.373 e. The number of fused-ring (bicyclic) bond motifs is 5. The number of aromatic nitrogens is 15. The zero-order valence-electron chi connectivity index (χ0n) is 69.2. The molecule has 0 aliphatic carbocycles. The Morgan fingerprint density at radius 1 is 0.345 bits per heavy atom. The summed E-state index contributed by atoms with van der Waals surface area (Å²) in [6, 6.07) is 36.6. The van der Waals surface area contributed by atoms with Gasteiger partial charge in [-0.2, -0.15) is 72.1 Å². The fraction of sp³-hybridized carbons (Fsp3) is 0.0290. The average Bonchev–Trinajstić information content (AvgIpc) is 1.000. The van der Waals surface area contributed by atoms with Crippen LogP contribution in [-0.4, -0.2) is 210 Å². The summed E-state index contributed by atoms with van der Waals surface area (Å²) >= 11 is 4.45. The third kappa shape index (κ3) is 27.6. The number of benzene rings is 11. The lowest BCUT2D eigenvalue weighted by Crippen LogP contribution is -1.99. The van der Waals surface area contributed by atoms with Crippen molar-refractivity contribution in [2.24, 2.45) is 51.1 Å². The standard InChI is InChI=1S/C18H13N5O7S2.C13H9N5O9S2.C13H11N5O7S3.C13H11N5O7S2.C12H9N5O7S2/c24-16-14(32(26,27)28)9-11-8-12(31-30-29-25)6-7-13(11)15(16)20-22-18-19-17(21-23-18)10-4-2-1-3-5-10;19-10-8(29(23,24)25)4-5-3-6(28-27-26-22)1-2-7(5)9(10)15-17-13-14-11(12(20)21)16-18-13;1-26-13-14-12(17-18-13)16-15-10-8-3-2-7(27-25-24-20)4-6(8)5-9(11(10)19)28(21,22)23;1-6-14-13(17-15-6)18-16-11-9-3-2-8(26-25-24-20)4-7(9)5-10(12(11)19)27(21,22)23;18-11-9(26(20,21)22)4-6-3-7(25-24-23-19)1-2-8(6)10(11)15-17-12-13-5-14-16-12/h1-9,24-25H,(H,19,21,23)(H,26,27,28);1-4,19,22H,(H,20,21)(H,14,16,18)(H,23,24,25);2-5,19-20H,1H3,(H,14,17,18)(H,21,22,23);2-5,19-20H,1H3,(H,14,15,17)(H,21,22,23);1-5,18-19H,(H,13,14,16)(H,20,21,22). The largest absolute Gasteiger partial charge is 0.504 e. The van der Waals surface area contributed by atoms with Crippen LogP contribution in [-0.2, 0) is 97.5 Å². The van der Waals surface area contributed by atoms with Crippen molar-refractivity contribution >= 4 is 241 Å². The zero-order valence-corrected chi connectivity index (χ0v) is 78.2. The Balaban J connectivity index is 0.000000159. The van der Waals surface area contributed by atoms with Crippen LogP contribution in [0.2, 0.25) is 0 Å². The molecular weight excluding hydrogens is 2120 g/mol. The lowest BCUT2D eigenvalue weighted by Gasteiger charge is -2.09. The van der Waals surface area contributed by atoms with E-state index in [0.717, 1.165) is 35.9 Å². The lowest BCUT2D eigenvalue weighted by atomic mass is 10.1. The number of carboxylic acid groups (broad SMARTS) is 1. The molecule has 73 heteroatoms. The van der Waals surface area contributed by atoms with Gasteiger partial charge < -0.3 is 30.6 Å². The van der Waals surface area contributed by atoms with Gasteiger partial charge in [-0.1, -0.05) is 97.6 Å². The highest BCUT2D eigenvalue weighted by molar-refractivity contribution is 7.98. The molecule has 11 aromatic carbocycles. The molecule has 0 bridgehead atoms. The molecule has 16 rings (SSSR count). The highest BCUT2D eigenvalue weighted by Gasteiger charge is 2.29. The highest BCUT2D eigenvalue weighted by atomic mass is 32.2. The van der Waals surface area contributed by atoms with Gasteiger partial charge in [0.1, 0.15) is 65.1 Å². The van der Waals surface area contributed by atoms with E-state index < -0.39 is 122 Å². The van der Waals surface area contributed by atoms with E-state index in [-0.39, 0.29) is 84.5 Å². The zero-order chi connectivity index (χ0) is 103. The van der Waals surface area contributed by atoms with Crippen LogP contribution in [0.5, 0.6) is 28.7 Å². The summed E-state index contributed by atoms with van der Waals surface area (Å²) in [7, 11) is -23.9. The molecule has 0 fully saturated rings. The normalized spacial score (nSPS) is 12.2. The van der Waals surface area contributed by atoms with Gasteiger partial charge in [0.05, 0.1) is 60.2 Å². The number of phenolic OH excluding ortho intramolecular Hbond substituents is 5. The van der Waals surface area contributed by atoms with Crippen LogP contribution in [0.25, 0.3) is 65.3 Å². The number of nitrogens with one attached hydrogen (secondary N) is 5. The molecule has 0 radical (unpaired) electrons. The molecule has 62 nitrogen and oxygen atoms in total. The number of aromatic hydroxyl groups is 5. The molecule has 0 atom stereocenters. The van der Waals surface area contributed by atoms with Crippen LogP contribution in [0.3, 0.4) is 0 Å². The minimum atomic E-state index is -4.84. The second-order valence-corrected chi connectivity index (χ2v) is 37.7. The van der Waals surface area contributed by atoms with E-state index in [1.54, 1.807) is 13.2 Å². The minimum Gasteiger partial charge on any atom is -0.504 e. The number of aryl methyl sites for hydroxylation is 1. The second kappa shape index (κ2) is 47.5. The molecule has 5 aromatic heterocycles. The molecule has 0 amide bonds. The van der Waals surface area contributed by atoms with Gasteiger partial charge in [0.25, 0.3) is 80.3 Å². The summed E-state index contributed by atoms with van der Waals surface area (Å²) in [5.41, 5.74) is -0.434. The van der Waals surface area contributed by atoms with Crippen molar-refractivity contribution in [2.45, 2.75) is 61.0 Å². The average molecular weight is 2180 g/mol. The Morgan fingerprint density at radius 2 is 0.655 bits per heavy atom. The van der Waals surface area contributed by atoms with Crippen LogP contribution in [0, 0.1) is 6.92 Å². The number of hydrogen-bond acceptors (Lipinski definition) is 57. The quantitative estimate of drug-likeness (QED) is 0.00453. The molecule has 16 aromatic rings. The van der Waals surface area contributed by atoms with Gasteiger partial charge >= 0.3 is 5.97 Å². The van der Waals surface area contributed by atoms with Crippen LogP contribution in [0.4, 0.5) is 58.2 Å². The first-order chi connectivity index (χ1) is 67.6. The molecule has 0 saturated carbocycles. The molecule has 0 unspecified atom stereocenters. The third-order valence-electron chi connectivity index (χ3n) is 17.3. The number of thioether (sulfide) groups is 1. The Kier molecular flexibility index (Phi) is 35.7. The molecule has 5 heterocycles. The number of hydrogen-bond donors (Lipinski definition) is 21. The van der Waals surface area contributed by atoms with Crippen molar-refractivity contribution in [3.63, 3.8) is 0 Å². The van der Waals surface area contributed by atoms with Crippen molar-refractivity contribution in [1.29, 1.82) is 0 Å². The van der Waals surface area contributed by atoms with Gasteiger partial charge in [-0.25, -0.2) is 41.3 Å². The number of azo groups is 5. The predicted octanol–water partition coefficient (Wildman–Crippen LogP) is 16.2. The number of carbonyl (C=O) groups is 1. The van der Waals surface area contributed by atoms with Crippen LogP contribution in [0.15, 0.2) is 263 Å². The summed E-state index contributed by atoms with van der Waals surface area (Å²) in [4.78, 5) is 28.4. The molecular formula is C69H53N25O37S11. The monoisotopic (exact) mass is 2170 g/mol. The van der Waals surface area contributed by atoms with E-state index in [2.05, 4.69) is 174 Å². The van der Waals surface area contributed by atoms with Crippen molar-refractivity contribution < 1.29 is 173 Å². The summed E-state index contributed by atoms with van der Waals surface area (Å²) in [6.07, 6.45) is 2.95. The molecule has 0 aliphatic rings. The maximum atomic E-state index is 11.8. The molecule has 0 aliphatic heterocycles. The third-order valence-corrected chi connectivity index (χ3v) is 25.1. The first kappa shape index (κ1) is 107. The smallest absolute Gasteiger partial charge is 0.373 e. The second-order valence-electron chi connectivity index (χ2n) is 26.1. The maximum absolute atomic E-state index is 11.8. The van der Waals surface area contributed by atoms with E-state index in [9.17, 15) is 95.2 Å². The molecule has 21 N–H and O–H groups in total. The van der Waals surface area contributed by atoms with E-state index in [4.69, 9.17) is 31.4 Å². The Bertz CT molecular complexity index is 8170. The van der Waals surface area contributed by atoms with Crippen molar-refractivity contribution in [3.05, 3.63) is 170 Å². The molecule has 0 saturated heterocycles. The number of rotatable bonds is 33. The van der Waals surface area contributed by atoms with Gasteiger partial charge in [0, 0.05) is 57.0 Å². The Labute approximate surface area is 812 Å². The lowest BCUT2D eigenvalue weighted by molar-refractivity contribution is -0.432. The number of H-pyrrole nitrogens is 5. The van der Waals surface area contributed by atoms with Gasteiger partial charge in [-0.3, -0.25) is 38.1 Å². The minimum absolute atomic E-state index is 0.0236. The summed E-state index contributed by atoms with van der Waals surface area (Å²) in [5.74, 6) is -5.43. The van der Waals surface area contributed by atoms with Crippen molar-refractivity contribution in [1.82, 2.24) is 75.9 Å². The summed E-state index contributed by atoms with van der Waals surface area (Å²) in [6.45, 7) is 1.65. The van der Waals surface area contributed by atoms with E-state index in [0.29, 0.717) is 123 Å². The van der Waals surface area contributed by atoms with Crippen LogP contribution < -0.4 is 0 Å². The van der Waals surface area contributed by atoms with E-state index >= 15 is 0 Å². The predicted molar refractivity (Wildman–Crippen MR) is 482 cm³/mol. The van der Waals surface area contributed by atoms with Gasteiger partial charge in [0.15, 0.2) is 34.6 Å². The first-order valence-corrected chi connectivity index (χ1v) is 48.8. The topological polar surface area (TPSA) is 935 Å². The fourth-order valence-corrected chi connectivity index (χ4v) is 17.0. The van der Waals surface area contributed by atoms with E-state index in [1.807, 2.05) is 30.3 Å². The van der Waals surface area contributed by atoms with Gasteiger partial charge in [-0.15, -0.1) is 93.2 Å². The number of carboxylic acids is 1. The van der Waals surface area contributed by atoms with Crippen molar-refractivity contribution in [2.75, 3.05) is 6.26 Å². The Hall–Kier alpha value is -14.1. The van der Waals surface area contributed by atoms with Crippen molar-refractivity contribution in [3.8, 4) is 40.1 Å². The molecule has 742 valence electrons. The number of nitrogens with zero attached hydrogens (tertiary/aromatic N) is 20. The highest BCUT2D eigenvalue weighted by Crippen LogP contribution is 2.49. The van der Waals surface area contributed by atoms with E-state index in [1.165, 1.54) is 109 Å². The fourth-order valence-electron chi connectivity index (χ4n) is 11.6. The first-order valence-electron chi connectivity index (χ1n) is 36.6. The van der Waals surface area contributed by atoms with Crippen LogP contribution in [0.1, 0.15) is 16.4 Å². The Morgan fingerprint density at radius 3 is 0.937 bits per heavy atom. The SMILES string of the molecule is CSc1n[nH]c(N=Nc2c(O)c(S(=O)(=O)O)cc3cc(SOOO)ccc23)n1.Cc1nc(N=Nc2c(O)c(S(=O)(=O)O)cc3cc(SOOO)ccc23)n[nH]1.O=C(O)c1nc(N=Nc2c(O)c(S(=O)(=O)O)cc3cc(SOOO)ccc23)n[nH]1.O=S(=O)(O)c1cc2cc(SOOO)ccc2c(N=Nc2n[nH]c(-c3ccccc3)n2)c1O.O=S(=O)(O)c1cc2cc(SOOO)ccc2c(N=Nc2ncn[nH]2)c1O. The van der Waals surface area contributed by atoms with Gasteiger partial charge in [0.2, 0.25) is 11.0 Å². The number of aromatic amines is 5. The molecule has 0 spiro atoms. The summed E-state index contributed by atoms with van der Waals surface area (Å²) < 4.78 is 185. The number of phenols is 5. The molecule has 142 heavy (non-hydrogen) atoms. The number of aromatic carboxylic acids is 1.